The number of allylic oxidation sites excluding steroid dienone is 1. The van der Waals surface area contributed by atoms with Gasteiger partial charge in [-0.2, -0.15) is 0 Å². The molecule has 4 saturated heterocycles. The summed E-state index contributed by atoms with van der Waals surface area (Å²) in [6.07, 6.45) is 9.44. The molecule has 21 heteroatoms. The lowest BCUT2D eigenvalue weighted by Crippen LogP contribution is -2.53. The molecule has 20 nitrogen and oxygen atoms in total. The van der Waals surface area contributed by atoms with Gasteiger partial charge in [-0.1, -0.05) is 36.4 Å². The first-order valence-electron chi connectivity index (χ1n) is 26.3. The number of likely N-dealkylation sites (tertiary alicyclic amines) is 3. The number of thiazole rings is 1. The number of para-hydroxylation sites is 1. The molecule has 4 atom stereocenters. The number of nitrogens with two attached hydrogens (primary N) is 3. The topological polar surface area (TPSA) is 263 Å². The smallest absolute Gasteiger partial charge is 0.409 e. The lowest BCUT2D eigenvalue weighted by atomic mass is 9.91. The third-order valence-corrected chi connectivity index (χ3v) is 16.1. The Hall–Kier alpha value is -7.52. The third kappa shape index (κ3) is 11.9. The van der Waals surface area contributed by atoms with E-state index in [1.165, 1.54) is 0 Å². The van der Waals surface area contributed by atoms with Gasteiger partial charge in [0.15, 0.2) is 0 Å². The van der Waals surface area contributed by atoms with Gasteiger partial charge in [-0.25, -0.2) is 14.8 Å². The number of piperazine rings is 1. The molecular weight excluding hydrogens is 991 g/mol. The minimum atomic E-state index is -0.575. The summed E-state index contributed by atoms with van der Waals surface area (Å²) in [6, 6.07) is 20.3. The van der Waals surface area contributed by atoms with Gasteiger partial charge in [0, 0.05) is 92.9 Å². The number of phenols is 1. The van der Waals surface area contributed by atoms with Crippen molar-refractivity contribution in [1.29, 1.82) is 0 Å². The summed E-state index contributed by atoms with van der Waals surface area (Å²) in [7, 11) is 0. The van der Waals surface area contributed by atoms with Gasteiger partial charge in [0.1, 0.15) is 42.7 Å². The average Bonchev–Trinajstić information content (AvgIpc) is 4.24. The quantitative estimate of drug-likeness (QED) is 0.0500. The number of pyridine rings is 1. The standard InChI is InChI=1S/C55H67N11O9S/c1-33(35-9-11-36(12-10-35)52-34(2)60-32-76-52)61-54(69)46-7-5-19-65(46)51(68)28-43-27-50(62-75-43)71-22-23-72-55(70)63-20-16-40(17-21-63)73-41-25-42(26-41)74-49-24-37(15-18-59-49)66-38-13-14-39(66)31-64(30-38)47(53(57)58)29-45(56)44-6-3-4-8-48(44)67/h3-4,6,8-12,15,18,24,27,29,32-33,38-42,46,67H,5,7,13-14,16-17,19-23,25-26,28,30-31,56-58H2,1-2H3,(H,61,69)/b45-29-. The molecule has 7 heterocycles. The van der Waals surface area contributed by atoms with Crippen LogP contribution in [0.1, 0.15) is 86.9 Å². The Morgan fingerprint density at radius 3 is 2.37 bits per heavy atom. The molecule has 4 aliphatic heterocycles. The molecule has 5 aliphatic rings. The number of carbonyl (C=O) groups excluding carboxylic acids is 3. The van der Waals surface area contributed by atoms with E-state index in [1.54, 1.807) is 57.7 Å². The van der Waals surface area contributed by atoms with E-state index in [1.807, 2.05) is 61.8 Å². The Kier molecular flexibility index (Phi) is 15.8. The molecule has 5 fully saturated rings. The highest BCUT2D eigenvalue weighted by molar-refractivity contribution is 7.13. The summed E-state index contributed by atoms with van der Waals surface area (Å²) < 4.78 is 29.3. The van der Waals surface area contributed by atoms with Crippen molar-refractivity contribution in [2.45, 2.75) is 114 Å². The summed E-state index contributed by atoms with van der Waals surface area (Å²) >= 11 is 1.60. The van der Waals surface area contributed by atoms with Gasteiger partial charge in [-0.3, -0.25) is 9.59 Å². The van der Waals surface area contributed by atoms with Crippen molar-refractivity contribution in [3.63, 3.8) is 0 Å². The molecule has 1 saturated carbocycles. The number of fused-ring (bicyclic) bond motifs is 2. The van der Waals surface area contributed by atoms with Crippen molar-refractivity contribution in [2.75, 3.05) is 50.8 Å². The average molecular weight is 1060 g/mol. The fraction of sp³-hybridized carbons (Fsp3) is 0.455. The largest absolute Gasteiger partial charge is 0.507 e. The van der Waals surface area contributed by atoms with Crippen molar-refractivity contribution < 1.29 is 43.0 Å². The number of amides is 3. The molecule has 0 radical (unpaired) electrons. The zero-order chi connectivity index (χ0) is 52.9. The van der Waals surface area contributed by atoms with E-state index in [4.69, 9.17) is 40.7 Å². The van der Waals surface area contributed by atoms with E-state index in [0.29, 0.717) is 80.6 Å². The van der Waals surface area contributed by atoms with E-state index in [2.05, 4.69) is 30.2 Å². The summed E-state index contributed by atoms with van der Waals surface area (Å²) in [5.41, 5.74) is 26.3. The minimum Gasteiger partial charge on any atom is -0.507 e. The summed E-state index contributed by atoms with van der Waals surface area (Å²) in [5.74, 6) is 0.921. The van der Waals surface area contributed by atoms with Crippen molar-refractivity contribution in [2.24, 2.45) is 17.2 Å². The number of benzene rings is 2. The lowest BCUT2D eigenvalue weighted by molar-refractivity contribution is -0.138. The second-order valence-corrected chi connectivity index (χ2v) is 21.2. The number of nitrogens with zero attached hydrogens (tertiary/aromatic N) is 7. The number of hydrogen-bond donors (Lipinski definition) is 5. The maximum atomic E-state index is 13.4. The fourth-order valence-corrected chi connectivity index (χ4v) is 11.9. The third-order valence-electron chi connectivity index (χ3n) is 15.1. The first-order valence-corrected chi connectivity index (χ1v) is 27.1. The molecule has 4 unspecified atom stereocenters. The molecule has 3 amide bonds. The van der Waals surface area contributed by atoms with Crippen LogP contribution in [-0.4, -0.2) is 135 Å². The molecule has 0 spiro atoms. The predicted molar refractivity (Wildman–Crippen MR) is 285 cm³/mol. The number of hydrogen-bond acceptors (Lipinski definition) is 18. The van der Waals surface area contributed by atoms with E-state index >= 15 is 0 Å². The number of rotatable bonds is 18. The van der Waals surface area contributed by atoms with Crippen molar-refractivity contribution in [3.8, 4) is 28.0 Å². The van der Waals surface area contributed by atoms with Gasteiger partial charge in [0.05, 0.1) is 46.4 Å². The number of phenolic OH excluding ortho intramolecular Hbond substituents is 1. The van der Waals surface area contributed by atoms with E-state index in [9.17, 15) is 19.5 Å². The number of aromatic hydroxyl groups is 1. The highest BCUT2D eigenvalue weighted by atomic mass is 32.1. The maximum absolute atomic E-state index is 13.4. The summed E-state index contributed by atoms with van der Waals surface area (Å²) in [5, 5.41) is 17.4. The number of carbonyl (C=O) groups is 3. The van der Waals surface area contributed by atoms with Crippen LogP contribution in [-0.2, 0) is 25.5 Å². The second-order valence-electron chi connectivity index (χ2n) is 20.3. The molecule has 5 aromatic rings. The minimum absolute atomic E-state index is 0.00108. The highest BCUT2D eigenvalue weighted by Gasteiger charge is 2.42. The highest BCUT2D eigenvalue weighted by Crippen LogP contribution is 2.39. The summed E-state index contributed by atoms with van der Waals surface area (Å²) in [4.78, 5) is 57.7. The Bertz CT molecular complexity index is 2900. The second kappa shape index (κ2) is 23.2. The SMILES string of the molecule is Cc1ncsc1-c1ccc(C(C)NC(=O)C2CCCN2C(=O)Cc2cc(OCCOC(=O)N3CCC(OC4CC(Oc5cc(N6C7CCC6CN(C(/C=C(\N)c6ccccc6O)=C(N)N)C7)ccn5)C4)CC3)no2)cc1. The van der Waals surface area contributed by atoms with Gasteiger partial charge in [-0.05, 0) is 92.9 Å². The van der Waals surface area contributed by atoms with Gasteiger partial charge >= 0.3 is 6.09 Å². The molecule has 76 heavy (non-hydrogen) atoms. The predicted octanol–water partition coefficient (Wildman–Crippen LogP) is 5.96. The number of ether oxygens (including phenoxy) is 4. The van der Waals surface area contributed by atoms with Gasteiger partial charge in [0.25, 0.3) is 5.88 Å². The summed E-state index contributed by atoms with van der Waals surface area (Å²) in [6.45, 7) is 6.92. The zero-order valence-electron chi connectivity index (χ0n) is 42.9. The fourth-order valence-electron chi connectivity index (χ4n) is 11.1. The van der Waals surface area contributed by atoms with Gasteiger partial charge in [-0.15, -0.1) is 11.3 Å². The lowest BCUT2D eigenvalue weighted by Gasteiger charge is -2.44. The number of aromatic nitrogens is 3. The van der Waals surface area contributed by atoms with Gasteiger partial charge in [0.2, 0.25) is 17.7 Å². The van der Waals surface area contributed by atoms with Crippen LogP contribution >= 0.6 is 11.3 Å². The Morgan fingerprint density at radius 2 is 1.64 bits per heavy atom. The number of anilines is 1. The number of piperidine rings is 1. The van der Waals surface area contributed by atoms with Crippen LogP contribution in [0.15, 0.2) is 101 Å². The first kappa shape index (κ1) is 51.9. The molecule has 2 aromatic carbocycles. The first-order chi connectivity index (χ1) is 36.8. The molecule has 8 N–H and O–H groups in total. The maximum Gasteiger partial charge on any atom is 0.409 e. The molecule has 10 rings (SSSR count). The van der Waals surface area contributed by atoms with Crippen molar-refractivity contribution in [3.05, 3.63) is 119 Å². The van der Waals surface area contributed by atoms with Crippen LogP contribution < -0.4 is 36.9 Å². The van der Waals surface area contributed by atoms with Crippen molar-refractivity contribution >= 4 is 40.6 Å². The van der Waals surface area contributed by atoms with Crippen LogP contribution in [0.5, 0.6) is 17.5 Å². The van der Waals surface area contributed by atoms with Crippen molar-refractivity contribution in [1.82, 2.24) is 35.1 Å². The van der Waals surface area contributed by atoms with E-state index in [-0.39, 0.29) is 85.3 Å². The van der Waals surface area contributed by atoms with Crippen LogP contribution in [0.25, 0.3) is 16.1 Å². The molecule has 402 valence electrons. The number of nitrogens with one attached hydrogen (secondary N) is 1. The van der Waals surface area contributed by atoms with E-state index < -0.39 is 12.1 Å². The zero-order valence-corrected chi connectivity index (χ0v) is 43.7. The molecule has 1 aliphatic carbocycles. The Morgan fingerprint density at radius 1 is 0.882 bits per heavy atom. The molecule has 3 aromatic heterocycles. The normalized spacial score (nSPS) is 22.0. The van der Waals surface area contributed by atoms with Gasteiger partial charge < -0.3 is 70.7 Å². The van der Waals surface area contributed by atoms with Crippen LogP contribution in [0, 0.1) is 6.92 Å². The Balaban J connectivity index is 0.600. The Labute approximate surface area is 445 Å². The monoisotopic (exact) mass is 1060 g/mol. The molecule has 2 bridgehead atoms. The molecular formula is C55H67N11O9S. The van der Waals surface area contributed by atoms with Crippen LogP contribution in [0.4, 0.5) is 10.5 Å². The van der Waals surface area contributed by atoms with Crippen LogP contribution in [0.3, 0.4) is 0 Å². The van der Waals surface area contributed by atoms with Crippen LogP contribution in [0.2, 0.25) is 0 Å². The number of aryl methyl sites for hydroxylation is 1. The van der Waals surface area contributed by atoms with E-state index in [0.717, 1.165) is 59.5 Å².